The summed E-state index contributed by atoms with van der Waals surface area (Å²) in [4.78, 5) is 23.2. The Kier molecular flexibility index (Phi) is 14.5. The average molecular weight is 454 g/mol. The maximum absolute atomic E-state index is 11.6. The van der Waals surface area contributed by atoms with E-state index in [0.29, 0.717) is 0 Å². The topological polar surface area (TPSA) is 34.1 Å². The number of ketones is 2. The molecule has 4 rings (SSSR count). The smallest absolute Gasteiger partial charge is 0.292 e. The fraction of sp³-hybridized carbons (Fsp3) is 0.0833. The van der Waals surface area contributed by atoms with Crippen molar-refractivity contribution in [3.05, 3.63) is 120 Å². The number of Topliss-reactive ketones (excluding diaryl/α,β-unsaturated/α-hetero) is 2. The van der Waals surface area contributed by atoms with Crippen molar-refractivity contribution in [1.29, 1.82) is 0 Å². The predicted octanol–water partition coefficient (Wildman–Crippen LogP) is 4.85. The zero-order valence-corrected chi connectivity index (χ0v) is 17.5. The molecule has 0 aliphatic heterocycles. The van der Waals surface area contributed by atoms with Crippen LogP contribution in [-0.2, 0) is 56.6 Å². The second-order valence-corrected chi connectivity index (χ2v) is 5.71. The van der Waals surface area contributed by atoms with Gasteiger partial charge in [0.1, 0.15) is 0 Å². The van der Waals surface area contributed by atoms with Crippen LogP contribution < -0.4 is 0 Å². The van der Waals surface area contributed by atoms with E-state index in [4.69, 9.17) is 0 Å². The second-order valence-electron chi connectivity index (χ2n) is 5.71. The Labute approximate surface area is 188 Å². The van der Waals surface area contributed by atoms with Crippen molar-refractivity contribution in [2.45, 2.75) is 12.8 Å². The average Bonchev–Trinajstić information content (AvgIpc) is 3.46. The van der Waals surface area contributed by atoms with Crippen LogP contribution in [0, 0.1) is 0 Å². The molecule has 0 amide bonds. The van der Waals surface area contributed by atoms with Crippen molar-refractivity contribution in [3.63, 3.8) is 0 Å². The van der Waals surface area contributed by atoms with Gasteiger partial charge in [-0.25, -0.2) is 48.5 Å². The quantitative estimate of drug-likeness (QED) is 0.246. The molecule has 0 fully saturated rings. The molecule has 0 radical (unpaired) electrons. The van der Waals surface area contributed by atoms with Crippen LogP contribution >= 0.6 is 0 Å². The van der Waals surface area contributed by atoms with E-state index in [0.717, 1.165) is 11.1 Å². The van der Waals surface area contributed by atoms with Crippen LogP contribution in [0.4, 0.5) is 0 Å². The van der Waals surface area contributed by atoms with E-state index in [1.54, 1.807) is 0 Å². The van der Waals surface area contributed by atoms with E-state index in [2.05, 4.69) is 0 Å². The molecule has 0 bridgehead atoms. The summed E-state index contributed by atoms with van der Waals surface area (Å²) in [6.45, 7) is 0. The molecule has 146 valence electrons. The molecule has 4 heteroatoms. The van der Waals surface area contributed by atoms with Gasteiger partial charge in [0.05, 0.1) is 0 Å². The molecular formula is C24H22Fe2O2. The van der Waals surface area contributed by atoms with Gasteiger partial charge in [-0.3, -0.25) is 9.59 Å². The molecule has 4 aromatic carbocycles. The summed E-state index contributed by atoms with van der Waals surface area (Å²) in [6, 6.07) is 34.9. The van der Waals surface area contributed by atoms with Gasteiger partial charge in [-0.2, -0.15) is 60.7 Å². The molecule has 0 N–H and O–H groups in total. The van der Waals surface area contributed by atoms with Crippen LogP contribution in [0.2, 0.25) is 0 Å². The van der Waals surface area contributed by atoms with Crippen LogP contribution in [0.3, 0.4) is 0 Å². The molecule has 0 aliphatic rings. The van der Waals surface area contributed by atoms with Gasteiger partial charge >= 0.3 is 34.1 Å². The first-order valence-electron chi connectivity index (χ1n) is 8.56. The molecule has 0 aromatic heterocycles. The molecule has 0 unspecified atom stereocenters. The summed E-state index contributed by atoms with van der Waals surface area (Å²) in [5.74, 6) is -0.625. The van der Waals surface area contributed by atoms with Crippen molar-refractivity contribution in [2.75, 3.05) is 0 Å². The van der Waals surface area contributed by atoms with E-state index >= 15 is 0 Å². The van der Waals surface area contributed by atoms with Crippen LogP contribution in [0.5, 0.6) is 0 Å². The predicted molar refractivity (Wildman–Crippen MR) is 106 cm³/mol. The maximum atomic E-state index is 11.6. The van der Waals surface area contributed by atoms with Crippen LogP contribution in [0.25, 0.3) is 0 Å². The molecule has 0 saturated carbocycles. The molecular weight excluding hydrogens is 432 g/mol. The van der Waals surface area contributed by atoms with E-state index in [1.165, 1.54) is 0 Å². The summed E-state index contributed by atoms with van der Waals surface area (Å²) in [5.41, 5.74) is 1.81. The summed E-state index contributed by atoms with van der Waals surface area (Å²) in [6.07, 6.45) is 0.430. The normalized spacial score (nSPS) is 8.71. The third kappa shape index (κ3) is 10.8. The van der Waals surface area contributed by atoms with E-state index in [-0.39, 0.29) is 58.5 Å². The SMILES string of the molecule is O=C(C[c-]1cccc1)C(=O)C[c-]1cccc1.[Fe+2].[Fe+2].c1cc[cH-]c1.c1cc[cH-]c1. The molecule has 0 spiro atoms. The number of hydrogen-bond donors (Lipinski definition) is 0. The van der Waals surface area contributed by atoms with Gasteiger partial charge in [-0.1, -0.05) is 0 Å². The number of rotatable bonds is 5. The van der Waals surface area contributed by atoms with Crippen molar-refractivity contribution in [2.24, 2.45) is 0 Å². The largest absolute Gasteiger partial charge is 2.00 e. The summed E-state index contributed by atoms with van der Waals surface area (Å²) in [7, 11) is 0. The zero-order valence-electron chi connectivity index (χ0n) is 15.3. The third-order valence-corrected chi connectivity index (χ3v) is 3.61. The summed E-state index contributed by atoms with van der Waals surface area (Å²) < 4.78 is 0. The maximum Gasteiger partial charge on any atom is 2.00 e. The van der Waals surface area contributed by atoms with Crippen molar-refractivity contribution in [3.8, 4) is 0 Å². The van der Waals surface area contributed by atoms with Gasteiger partial charge in [0, 0.05) is 0 Å². The minimum atomic E-state index is -0.313. The van der Waals surface area contributed by atoms with Crippen LogP contribution in [-0.4, -0.2) is 11.6 Å². The second kappa shape index (κ2) is 15.8. The van der Waals surface area contributed by atoms with Crippen molar-refractivity contribution in [1.82, 2.24) is 0 Å². The Balaban J connectivity index is 0.000000500. The van der Waals surface area contributed by atoms with E-state index in [9.17, 15) is 9.59 Å². The van der Waals surface area contributed by atoms with Gasteiger partial charge < -0.3 is 0 Å². The summed E-state index contributed by atoms with van der Waals surface area (Å²) in [5, 5.41) is 0. The van der Waals surface area contributed by atoms with Crippen molar-refractivity contribution >= 4 is 11.6 Å². The Hall–Kier alpha value is -2.22. The molecule has 0 heterocycles. The Morgan fingerprint density at radius 1 is 0.536 bits per heavy atom. The third-order valence-electron chi connectivity index (χ3n) is 3.61. The Bertz CT molecular complexity index is 703. The van der Waals surface area contributed by atoms with Gasteiger partial charge in [0.15, 0.2) is 11.6 Å². The van der Waals surface area contributed by atoms with Gasteiger partial charge in [-0.05, 0) is 12.8 Å². The first-order valence-corrected chi connectivity index (χ1v) is 8.56. The van der Waals surface area contributed by atoms with Gasteiger partial charge in [0.2, 0.25) is 0 Å². The van der Waals surface area contributed by atoms with Crippen molar-refractivity contribution < 1.29 is 43.7 Å². The zero-order chi connectivity index (χ0) is 18.5. The number of carbonyl (C=O) groups excluding carboxylic acids is 2. The molecule has 0 aliphatic carbocycles. The molecule has 2 nitrogen and oxygen atoms in total. The fourth-order valence-corrected chi connectivity index (χ4v) is 2.27. The van der Waals surface area contributed by atoms with Crippen LogP contribution in [0.1, 0.15) is 11.1 Å². The van der Waals surface area contributed by atoms with E-state index < -0.39 is 0 Å². The van der Waals surface area contributed by atoms with Crippen LogP contribution in [0.15, 0.2) is 109 Å². The standard InChI is InChI=1S/C14H12O2.2C5H5.2Fe/c15-13(9-11-5-1-2-6-11)14(16)10-12-7-3-4-8-12;2*1-2-4-5-3-1;;/h1-8H,9-10H2;2*1-5H;;/q-2;2*-1;2*+2. The van der Waals surface area contributed by atoms with E-state index in [1.807, 2.05) is 109 Å². The minimum Gasteiger partial charge on any atom is -0.292 e. The monoisotopic (exact) mass is 454 g/mol. The molecule has 0 atom stereocenters. The minimum absolute atomic E-state index is 0. The van der Waals surface area contributed by atoms with Gasteiger partial charge in [-0.15, -0.1) is 11.1 Å². The first-order chi connectivity index (χ1) is 12.8. The number of hydrogen-bond acceptors (Lipinski definition) is 2. The summed E-state index contributed by atoms with van der Waals surface area (Å²) >= 11 is 0. The molecule has 0 saturated heterocycles. The van der Waals surface area contributed by atoms with Gasteiger partial charge in [0.25, 0.3) is 0 Å². The molecule has 28 heavy (non-hydrogen) atoms. The number of carbonyl (C=O) groups is 2. The molecule has 4 aromatic rings. The first kappa shape index (κ1) is 25.8. The fourth-order valence-electron chi connectivity index (χ4n) is 2.27. The Morgan fingerprint density at radius 3 is 1.04 bits per heavy atom. The Morgan fingerprint density at radius 2 is 0.821 bits per heavy atom.